The lowest BCUT2D eigenvalue weighted by Gasteiger charge is -2.16. The summed E-state index contributed by atoms with van der Waals surface area (Å²) in [5.74, 6) is 1.17. The van der Waals surface area contributed by atoms with E-state index in [0.29, 0.717) is 0 Å². The summed E-state index contributed by atoms with van der Waals surface area (Å²) < 4.78 is 6.80. The maximum atomic E-state index is 2.34. The molecule has 3 nitrogen and oxygen atoms in total. The summed E-state index contributed by atoms with van der Waals surface area (Å²) in [4.78, 5) is 0. The van der Waals surface area contributed by atoms with E-state index < -0.39 is 0 Å². The SMILES string of the molecule is Cc1cc(C)c(-n2ccc(C)c2-c2n(-c3ccccc3)cc[n+]2C)c(C)c1. The molecular formula is C24H26N3+. The normalized spacial score (nSPS) is 11.1. The number of rotatable bonds is 3. The van der Waals surface area contributed by atoms with E-state index in [9.17, 15) is 0 Å². The third kappa shape index (κ3) is 2.89. The Kier molecular flexibility index (Phi) is 4.23. The first-order valence-electron chi connectivity index (χ1n) is 9.36. The lowest BCUT2D eigenvalue weighted by atomic mass is 10.0. The Bertz CT molecular complexity index is 1090. The molecule has 0 N–H and O–H groups in total. The molecule has 0 bridgehead atoms. The van der Waals surface area contributed by atoms with Crippen LogP contribution in [0.5, 0.6) is 0 Å². The molecule has 0 spiro atoms. The molecule has 2 aromatic carbocycles. The van der Waals surface area contributed by atoms with Gasteiger partial charge in [0.2, 0.25) is 0 Å². The molecule has 0 amide bonds. The summed E-state index contributed by atoms with van der Waals surface area (Å²) in [5.41, 5.74) is 8.82. The Morgan fingerprint density at radius 2 is 1.41 bits per heavy atom. The minimum absolute atomic E-state index is 1.16. The molecule has 0 aliphatic heterocycles. The van der Waals surface area contributed by atoms with Crippen molar-refractivity contribution in [3.63, 3.8) is 0 Å². The van der Waals surface area contributed by atoms with Crippen molar-refractivity contribution < 1.29 is 4.57 Å². The fraction of sp³-hybridized carbons (Fsp3) is 0.208. The van der Waals surface area contributed by atoms with Crippen LogP contribution in [-0.2, 0) is 7.05 Å². The van der Waals surface area contributed by atoms with Crippen molar-refractivity contribution in [2.45, 2.75) is 27.7 Å². The zero-order valence-electron chi connectivity index (χ0n) is 16.7. The fourth-order valence-corrected chi connectivity index (χ4v) is 4.11. The third-order valence-electron chi connectivity index (χ3n) is 5.21. The number of benzene rings is 2. The van der Waals surface area contributed by atoms with Crippen molar-refractivity contribution >= 4 is 0 Å². The van der Waals surface area contributed by atoms with Gasteiger partial charge in [0.25, 0.3) is 0 Å². The molecule has 4 rings (SSSR count). The molecule has 136 valence electrons. The van der Waals surface area contributed by atoms with Gasteiger partial charge < -0.3 is 4.57 Å². The highest BCUT2D eigenvalue weighted by molar-refractivity contribution is 5.63. The van der Waals surface area contributed by atoms with Gasteiger partial charge in [-0.3, -0.25) is 0 Å². The van der Waals surface area contributed by atoms with Crippen LogP contribution in [0.25, 0.3) is 22.9 Å². The highest BCUT2D eigenvalue weighted by Gasteiger charge is 2.25. The number of aryl methyl sites for hydroxylation is 5. The number of para-hydroxylation sites is 1. The van der Waals surface area contributed by atoms with Crippen LogP contribution < -0.4 is 4.57 Å². The van der Waals surface area contributed by atoms with Crippen molar-refractivity contribution in [2.24, 2.45) is 7.05 Å². The maximum Gasteiger partial charge on any atom is 0.311 e. The smallest absolute Gasteiger partial charge is 0.309 e. The second-order valence-corrected chi connectivity index (χ2v) is 7.40. The second kappa shape index (κ2) is 6.58. The summed E-state index contributed by atoms with van der Waals surface area (Å²) in [6, 6.07) is 17.2. The number of hydrogen-bond acceptors (Lipinski definition) is 0. The van der Waals surface area contributed by atoms with E-state index in [1.807, 2.05) is 0 Å². The Balaban J connectivity index is 2.00. The summed E-state index contributed by atoms with van der Waals surface area (Å²) in [6.07, 6.45) is 6.45. The zero-order valence-corrected chi connectivity index (χ0v) is 16.7. The van der Waals surface area contributed by atoms with E-state index in [2.05, 4.69) is 116 Å². The van der Waals surface area contributed by atoms with Gasteiger partial charge in [-0.15, -0.1) is 0 Å². The van der Waals surface area contributed by atoms with E-state index in [4.69, 9.17) is 0 Å². The van der Waals surface area contributed by atoms with Crippen molar-refractivity contribution in [2.75, 3.05) is 0 Å². The topological polar surface area (TPSA) is 13.7 Å². The first-order chi connectivity index (χ1) is 13.0. The van der Waals surface area contributed by atoms with Gasteiger partial charge in [-0.1, -0.05) is 35.9 Å². The molecule has 2 aromatic heterocycles. The molecule has 0 fully saturated rings. The van der Waals surface area contributed by atoms with E-state index in [0.717, 1.165) is 5.69 Å². The van der Waals surface area contributed by atoms with Gasteiger partial charge in [0.05, 0.1) is 12.7 Å². The van der Waals surface area contributed by atoms with Crippen LogP contribution in [0.2, 0.25) is 0 Å². The van der Waals surface area contributed by atoms with E-state index in [1.165, 1.54) is 39.5 Å². The molecule has 27 heavy (non-hydrogen) atoms. The average molecular weight is 356 g/mol. The predicted octanol–water partition coefficient (Wildman–Crippen LogP) is 4.99. The van der Waals surface area contributed by atoms with Crippen LogP contribution in [0.3, 0.4) is 0 Å². The lowest BCUT2D eigenvalue weighted by molar-refractivity contribution is -0.659. The zero-order chi connectivity index (χ0) is 19.1. The van der Waals surface area contributed by atoms with Gasteiger partial charge in [-0.05, 0) is 62.6 Å². The molecule has 0 saturated carbocycles. The quantitative estimate of drug-likeness (QED) is 0.459. The molecule has 2 heterocycles. The second-order valence-electron chi connectivity index (χ2n) is 7.40. The van der Waals surface area contributed by atoms with Crippen LogP contribution >= 0.6 is 0 Å². The monoisotopic (exact) mass is 356 g/mol. The molecule has 0 saturated heterocycles. The third-order valence-corrected chi connectivity index (χ3v) is 5.21. The van der Waals surface area contributed by atoms with Crippen molar-refractivity contribution in [1.82, 2.24) is 9.13 Å². The molecule has 0 atom stereocenters. The van der Waals surface area contributed by atoms with Crippen LogP contribution in [-0.4, -0.2) is 9.13 Å². The van der Waals surface area contributed by atoms with Crippen LogP contribution in [0.15, 0.2) is 67.1 Å². The Hall–Kier alpha value is -3.07. The van der Waals surface area contributed by atoms with Crippen molar-refractivity contribution in [3.8, 4) is 22.9 Å². The van der Waals surface area contributed by atoms with Gasteiger partial charge in [-0.25, -0.2) is 4.57 Å². The molecular weight excluding hydrogens is 330 g/mol. The molecule has 0 aliphatic rings. The van der Waals surface area contributed by atoms with Gasteiger partial charge in [-0.2, -0.15) is 4.57 Å². The lowest BCUT2D eigenvalue weighted by Crippen LogP contribution is -2.30. The van der Waals surface area contributed by atoms with E-state index >= 15 is 0 Å². The Morgan fingerprint density at radius 1 is 0.741 bits per heavy atom. The van der Waals surface area contributed by atoms with Crippen molar-refractivity contribution in [1.29, 1.82) is 0 Å². The fourth-order valence-electron chi connectivity index (χ4n) is 4.11. The first kappa shape index (κ1) is 17.3. The summed E-state index contributed by atoms with van der Waals surface area (Å²) in [6.45, 7) is 8.74. The first-order valence-corrected chi connectivity index (χ1v) is 9.36. The minimum atomic E-state index is 1.16. The van der Waals surface area contributed by atoms with Crippen molar-refractivity contribution in [3.05, 3.63) is 89.4 Å². The van der Waals surface area contributed by atoms with Gasteiger partial charge in [0.1, 0.15) is 23.8 Å². The minimum Gasteiger partial charge on any atom is -0.309 e. The summed E-state index contributed by atoms with van der Waals surface area (Å²) in [5, 5.41) is 0. The number of hydrogen-bond donors (Lipinski definition) is 0. The van der Waals surface area contributed by atoms with E-state index in [-0.39, 0.29) is 0 Å². The molecule has 0 unspecified atom stereocenters. The number of nitrogens with zero attached hydrogens (tertiary/aromatic N) is 3. The average Bonchev–Trinajstić information content (AvgIpc) is 3.17. The van der Waals surface area contributed by atoms with Crippen LogP contribution in [0.4, 0.5) is 0 Å². The molecule has 0 aliphatic carbocycles. The standard InChI is InChI=1S/C24H26N3/c1-17-15-19(3)22(20(4)16-17)27-12-11-18(2)23(27)24-25(5)13-14-26(24)21-9-7-6-8-10-21/h6-16H,1-5H3/q+1. The van der Waals surface area contributed by atoms with Crippen LogP contribution in [0.1, 0.15) is 22.3 Å². The van der Waals surface area contributed by atoms with Gasteiger partial charge in [0, 0.05) is 6.20 Å². The van der Waals surface area contributed by atoms with Gasteiger partial charge >= 0.3 is 5.82 Å². The Labute approximate surface area is 161 Å². The number of imidazole rings is 1. The number of aromatic nitrogens is 3. The van der Waals surface area contributed by atoms with Gasteiger partial charge in [0.15, 0.2) is 0 Å². The Morgan fingerprint density at radius 3 is 2.07 bits per heavy atom. The largest absolute Gasteiger partial charge is 0.311 e. The molecule has 4 aromatic rings. The predicted molar refractivity (Wildman–Crippen MR) is 111 cm³/mol. The van der Waals surface area contributed by atoms with Crippen LogP contribution in [0, 0.1) is 27.7 Å². The highest BCUT2D eigenvalue weighted by atomic mass is 15.2. The molecule has 0 radical (unpaired) electrons. The maximum absolute atomic E-state index is 2.34. The van der Waals surface area contributed by atoms with E-state index in [1.54, 1.807) is 0 Å². The molecule has 3 heteroatoms. The summed E-state index contributed by atoms with van der Waals surface area (Å²) in [7, 11) is 2.11. The highest BCUT2D eigenvalue weighted by Crippen LogP contribution is 2.31. The summed E-state index contributed by atoms with van der Waals surface area (Å²) >= 11 is 0.